The van der Waals surface area contributed by atoms with Crippen LogP contribution in [0.1, 0.15) is 24.4 Å². The van der Waals surface area contributed by atoms with Crippen LogP contribution in [0.4, 0.5) is 8.78 Å². The lowest BCUT2D eigenvalue weighted by atomic mass is 10.0. The summed E-state index contributed by atoms with van der Waals surface area (Å²) in [5, 5.41) is 0. The van der Waals surface area contributed by atoms with Gasteiger partial charge in [-0.2, -0.15) is 0 Å². The normalized spacial score (nSPS) is 12.5. The zero-order valence-electron chi connectivity index (χ0n) is 7.84. The number of benzene rings is 1. The molecule has 0 spiro atoms. The van der Waals surface area contributed by atoms with Crippen molar-refractivity contribution in [3.8, 4) is 0 Å². The smallest absolute Gasteiger partial charge is 0.130 e. The van der Waals surface area contributed by atoms with Crippen molar-refractivity contribution in [2.75, 3.05) is 0 Å². The zero-order valence-corrected chi connectivity index (χ0v) is 7.84. The van der Waals surface area contributed by atoms with Gasteiger partial charge < -0.3 is 5.73 Å². The standard InChI is InChI=1S/C11H13F2N/c1-2-3-7-10(14)11-8(12)5-4-6-9(11)13/h2,4-6,10H,1,3,7,14H2/t10-/m1/s1. The molecule has 0 radical (unpaired) electrons. The Hall–Kier alpha value is -1.22. The second-order valence-electron chi connectivity index (χ2n) is 3.11. The Kier molecular flexibility index (Phi) is 3.77. The number of allylic oxidation sites excluding steroid dienone is 1. The summed E-state index contributed by atoms with van der Waals surface area (Å²) in [6, 6.07) is 3.15. The lowest BCUT2D eigenvalue weighted by molar-refractivity contribution is 0.514. The van der Waals surface area contributed by atoms with Gasteiger partial charge in [-0.3, -0.25) is 0 Å². The maximum absolute atomic E-state index is 13.2. The minimum absolute atomic E-state index is 0.0330. The van der Waals surface area contributed by atoms with Gasteiger partial charge in [0.25, 0.3) is 0 Å². The first-order valence-corrected chi connectivity index (χ1v) is 4.47. The first kappa shape index (κ1) is 10.9. The number of hydrogen-bond acceptors (Lipinski definition) is 1. The fraction of sp³-hybridized carbons (Fsp3) is 0.273. The lowest BCUT2D eigenvalue weighted by Gasteiger charge is -2.12. The second kappa shape index (κ2) is 4.86. The fourth-order valence-electron chi connectivity index (χ4n) is 1.31. The van der Waals surface area contributed by atoms with Crippen LogP contribution in [0.25, 0.3) is 0 Å². The Morgan fingerprint density at radius 2 is 1.93 bits per heavy atom. The molecule has 0 bridgehead atoms. The SMILES string of the molecule is C=CCC[C@@H](N)c1c(F)cccc1F. The van der Waals surface area contributed by atoms with Gasteiger partial charge in [0, 0.05) is 11.6 Å². The third-order valence-corrected chi connectivity index (χ3v) is 2.05. The highest BCUT2D eigenvalue weighted by Gasteiger charge is 2.15. The minimum atomic E-state index is -0.603. The molecule has 0 fully saturated rings. The molecule has 0 heterocycles. The summed E-state index contributed by atoms with van der Waals surface area (Å²) in [6.45, 7) is 3.53. The predicted molar refractivity (Wildman–Crippen MR) is 52.7 cm³/mol. The first-order chi connectivity index (χ1) is 6.66. The van der Waals surface area contributed by atoms with Crippen molar-refractivity contribution in [2.45, 2.75) is 18.9 Å². The van der Waals surface area contributed by atoms with Crippen molar-refractivity contribution in [1.29, 1.82) is 0 Å². The van der Waals surface area contributed by atoms with E-state index in [0.717, 1.165) is 0 Å². The largest absolute Gasteiger partial charge is 0.324 e. The number of halogens is 2. The molecule has 76 valence electrons. The van der Waals surface area contributed by atoms with Gasteiger partial charge in [-0.1, -0.05) is 12.1 Å². The molecule has 0 aromatic heterocycles. The summed E-state index contributed by atoms with van der Waals surface area (Å²) in [5.74, 6) is -1.16. The maximum Gasteiger partial charge on any atom is 0.130 e. The highest BCUT2D eigenvalue weighted by molar-refractivity contribution is 5.22. The average molecular weight is 197 g/mol. The Morgan fingerprint density at radius 3 is 2.43 bits per heavy atom. The van der Waals surface area contributed by atoms with Crippen LogP contribution in [0.2, 0.25) is 0 Å². The van der Waals surface area contributed by atoms with Gasteiger partial charge in [0.05, 0.1) is 0 Å². The molecule has 0 saturated heterocycles. The molecule has 14 heavy (non-hydrogen) atoms. The predicted octanol–water partition coefficient (Wildman–Crippen LogP) is 2.93. The molecule has 0 aliphatic carbocycles. The molecule has 1 atom stereocenters. The number of rotatable bonds is 4. The van der Waals surface area contributed by atoms with E-state index in [1.54, 1.807) is 6.08 Å². The monoisotopic (exact) mass is 197 g/mol. The van der Waals surface area contributed by atoms with Crippen LogP contribution < -0.4 is 5.73 Å². The van der Waals surface area contributed by atoms with Gasteiger partial charge in [0.2, 0.25) is 0 Å². The van der Waals surface area contributed by atoms with Crippen molar-refractivity contribution in [3.63, 3.8) is 0 Å². The van der Waals surface area contributed by atoms with Crippen molar-refractivity contribution in [3.05, 3.63) is 48.1 Å². The summed E-state index contributed by atoms with van der Waals surface area (Å²) in [4.78, 5) is 0. The topological polar surface area (TPSA) is 26.0 Å². The van der Waals surface area contributed by atoms with E-state index in [-0.39, 0.29) is 5.56 Å². The molecule has 0 amide bonds. The van der Waals surface area contributed by atoms with Crippen LogP contribution in [0, 0.1) is 11.6 Å². The van der Waals surface area contributed by atoms with Crippen molar-refractivity contribution < 1.29 is 8.78 Å². The fourth-order valence-corrected chi connectivity index (χ4v) is 1.31. The summed E-state index contributed by atoms with van der Waals surface area (Å²) in [7, 11) is 0. The molecule has 1 aromatic carbocycles. The molecule has 3 heteroatoms. The van der Waals surface area contributed by atoms with Gasteiger partial charge >= 0.3 is 0 Å². The van der Waals surface area contributed by atoms with Crippen LogP contribution >= 0.6 is 0 Å². The Labute approximate surface area is 82.2 Å². The number of hydrogen-bond donors (Lipinski definition) is 1. The van der Waals surface area contributed by atoms with Gasteiger partial charge in [-0.15, -0.1) is 6.58 Å². The zero-order chi connectivity index (χ0) is 10.6. The molecule has 0 aliphatic rings. The first-order valence-electron chi connectivity index (χ1n) is 4.47. The Balaban J connectivity index is 2.87. The summed E-state index contributed by atoms with van der Waals surface area (Å²) >= 11 is 0. The van der Waals surface area contributed by atoms with Crippen LogP contribution in [0.5, 0.6) is 0 Å². The molecular weight excluding hydrogens is 184 g/mol. The molecule has 0 aliphatic heterocycles. The maximum atomic E-state index is 13.2. The van der Waals surface area contributed by atoms with E-state index in [1.165, 1.54) is 18.2 Å². The van der Waals surface area contributed by atoms with Crippen LogP contribution in [0.3, 0.4) is 0 Å². The summed E-state index contributed by atoms with van der Waals surface area (Å²) in [5.41, 5.74) is 5.62. The van der Waals surface area contributed by atoms with E-state index in [0.29, 0.717) is 12.8 Å². The van der Waals surface area contributed by atoms with Gasteiger partial charge in [0.1, 0.15) is 11.6 Å². The quantitative estimate of drug-likeness (QED) is 0.738. The van der Waals surface area contributed by atoms with Crippen molar-refractivity contribution in [1.82, 2.24) is 0 Å². The Morgan fingerprint density at radius 1 is 1.36 bits per heavy atom. The molecule has 0 unspecified atom stereocenters. The summed E-state index contributed by atoms with van der Waals surface area (Å²) in [6.07, 6.45) is 2.83. The molecule has 2 N–H and O–H groups in total. The van der Waals surface area contributed by atoms with Crippen LogP contribution in [-0.4, -0.2) is 0 Å². The molecule has 1 rings (SSSR count). The van der Waals surface area contributed by atoms with Crippen molar-refractivity contribution >= 4 is 0 Å². The van der Waals surface area contributed by atoms with E-state index in [1.807, 2.05) is 0 Å². The van der Waals surface area contributed by atoms with E-state index < -0.39 is 17.7 Å². The van der Waals surface area contributed by atoms with Gasteiger partial charge in [-0.25, -0.2) is 8.78 Å². The second-order valence-corrected chi connectivity index (χ2v) is 3.11. The van der Waals surface area contributed by atoms with Crippen LogP contribution in [0.15, 0.2) is 30.9 Å². The average Bonchev–Trinajstić information content (AvgIpc) is 2.14. The Bertz CT molecular complexity index is 303. The van der Waals surface area contributed by atoms with E-state index in [2.05, 4.69) is 6.58 Å². The molecular formula is C11H13F2N. The third kappa shape index (κ3) is 2.39. The van der Waals surface area contributed by atoms with Crippen LogP contribution in [-0.2, 0) is 0 Å². The van der Waals surface area contributed by atoms with E-state index in [9.17, 15) is 8.78 Å². The van der Waals surface area contributed by atoms with Gasteiger partial charge in [-0.05, 0) is 25.0 Å². The lowest BCUT2D eigenvalue weighted by Crippen LogP contribution is -2.13. The molecule has 1 aromatic rings. The molecule has 1 nitrogen and oxygen atoms in total. The van der Waals surface area contributed by atoms with Crippen molar-refractivity contribution in [2.24, 2.45) is 5.73 Å². The highest BCUT2D eigenvalue weighted by Crippen LogP contribution is 2.22. The van der Waals surface area contributed by atoms with E-state index in [4.69, 9.17) is 5.73 Å². The highest BCUT2D eigenvalue weighted by atomic mass is 19.1. The summed E-state index contributed by atoms with van der Waals surface area (Å²) < 4.78 is 26.4. The number of nitrogens with two attached hydrogens (primary N) is 1. The third-order valence-electron chi connectivity index (χ3n) is 2.05. The molecule has 0 saturated carbocycles. The van der Waals surface area contributed by atoms with Gasteiger partial charge in [0.15, 0.2) is 0 Å². The minimum Gasteiger partial charge on any atom is -0.324 e. The van der Waals surface area contributed by atoms with E-state index >= 15 is 0 Å².